The van der Waals surface area contributed by atoms with E-state index >= 15 is 0 Å². The third kappa shape index (κ3) is 1.50. The lowest BCUT2D eigenvalue weighted by Crippen LogP contribution is -2.30. The molecule has 1 fully saturated rings. The zero-order chi connectivity index (χ0) is 11.7. The molecule has 0 bridgehead atoms. The van der Waals surface area contributed by atoms with E-state index in [1.165, 1.54) is 13.2 Å². The summed E-state index contributed by atoms with van der Waals surface area (Å²) in [6.07, 6.45) is 0. The summed E-state index contributed by atoms with van der Waals surface area (Å²) in [7, 11) is 1.47. The van der Waals surface area contributed by atoms with E-state index in [-0.39, 0.29) is 0 Å². The Balaban J connectivity index is 2.40. The summed E-state index contributed by atoms with van der Waals surface area (Å²) in [5.74, 6) is -1.32. The van der Waals surface area contributed by atoms with Crippen LogP contribution in [0.5, 0.6) is 5.75 Å². The molecule has 0 aromatic heterocycles. The highest BCUT2D eigenvalue weighted by Gasteiger charge is 2.38. The Morgan fingerprint density at radius 2 is 2.00 bits per heavy atom. The number of carbonyl (C=O) groups is 3. The summed E-state index contributed by atoms with van der Waals surface area (Å²) in [6, 6.07) is 5.58. The Bertz CT molecular complexity index is 483. The van der Waals surface area contributed by atoms with Crippen LogP contribution in [0.25, 0.3) is 0 Å². The quantitative estimate of drug-likeness (QED) is 0.573. The molecule has 1 aromatic carbocycles. The largest absolute Gasteiger partial charge is 0.497 e. The number of benzene rings is 1. The molecule has 2 rings (SSSR count). The molecule has 1 aromatic rings. The lowest BCUT2D eigenvalue weighted by molar-refractivity contribution is -0.134. The Morgan fingerprint density at radius 1 is 1.25 bits per heavy atom. The Labute approximate surface area is 90.8 Å². The lowest BCUT2D eigenvalue weighted by atomic mass is 10.3. The van der Waals surface area contributed by atoms with Gasteiger partial charge in [-0.25, -0.2) is 9.69 Å². The van der Waals surface area contributed by atoms with Crippen molar-refractivity contribution in [2.24, 2.45) is 0 Å². The number of hydrogen-bond acceptors (Lipinski definition) is 4. The van der Waals surface area contributed by atoms with Gasteiger partial charge in [0.15, 0.2) is 0 Å². The number of hydrogen-bond donors (Lipinski definition) is 1. The number of urea groups is 1. The first-order valence-electron chi connectivity index (χ1n) is 4.47. The third-order valence-electron chi connectivity index (χ3n) is 2.13. The highest BCUT2D eigenvalue weighted by Crippen LogP contribution is 2.22. The SMILES string of the molecule is COc1cccc(N2C(=O)NC(=O)C2=O)c1. The van der Waals surface area contributed by atoms with E-state index in [9.17, 15) is 14.4 Å². The molecule has 0 aliphatic carbocycles. The minimum atomic E-state index is -0.923. The molecular formula is C10H8N2O4. The van der Waals surface area contributed by atoms with Crippen molar-refractivity contribution in [1.29, 1.82) is 0 Å². The number of imide groups is 2. The van der Waals surface area contributed by atoms with Crippen LogP contribution in [0.1, 0.15) is 0 Å². The van der Waals surface area contributed by atoms with Gasteiger partial charge in [-0.15, -0.1) is 0 Å². The summed E-state index contributed by atoms with van der Waals surface area (Å²) >= 11 is 0. The normalized spacial score (nSPS) is 15.3. The monoisotopic (exact) mass is 220 g/mol. The van der Waals surface area contributed by atoms with Gasteiger partial charge in [0.25, 0.3) is 0 Å². The van der Waals surface area contributed by atoms with Crippen LogP contribution < -0.4 is 15.0 Å². The van der Waals surface area contributed by atoms with Crippen LogP contribution in [0.3, 0.4) is 0 Å². The maximum Gasteiger partial charge on any atom is 0.336 e. The molecular weight excluding hydrogens is 212 g/mol. The highest BCUT2D eigenvalue weighted by molar-refractivity contribution is 6.53. The maximum atomic E-state index is 11.4. The maximum absolute atomic E-state index is 11.4. The zero-order valence-corrected chi connectivity index (χ0v) is 8.39. The Morgan fingerprint density at radius 3 is 2.56 bits per heavy atom. The van der Waals surface area contributed by atoms with Crippen LogP contribution in [-0.2, 0) is 9.59 Å². The minimum Gasteiger partial charge on any atom is -0.497 e. The zero-order valence-electron chi connectivity index (χ0n) is 8.39. The summed E-state index contributed by atoms with van der Waals surface area (Å²) in [5.41, 5.74) is 0.299. The molecule has 82 valence electrons. The van der Waals surface area contributed by atoms with E-state index in [1.54, 1.807) is 18.2 Å². The average molecular weight is 220 g/mol. The topological polar surface area (TPSA) is 75.7 Å². The molecule has 0 radical (unpaired) electrons. The summed E-state index contributed by atoms with van der Waals surface area (Å²) in [4.78, 5) is 34.4. The van der Waals surface area contributed by atoms with E-state index in [0.29, 0.717) is 11.4 Å². The molecule has 16 heavy (non-hydrogen) atoms. The first-order valence-corrected chi connectivity index (χ1v) is 4.47. The van der Waals surface area contributed by atoms with Crippen molar-refractivity contribution in [3.63, 3.8) is 0 Å². The van der Waals surface area contributed by atoms with Crippen LogP contribution in [0.15, 0.2) is 24.3 Å². The van der Waals surface area contributed by atoms with E-state index in [2.05, 4.69) is 0 Å². The Kier molecular flexibility index (Phi) is 2.32. The second-order valence-corrected chi connectivity index (χ2v) is 3.10. The predicted octanol–water partition coefficient (Wildman–Crippen LogP) is 0.278. The fraction of sp³-hybridized carbons (Fsp3) is 0.100. The number of carbonyl (C=O) groups excluding carboxylic acids is 3. The molecule has 0 spiro atoms. The van der Waals surface area contributed by atoms with Gasteiger partial charge >= 0.3 is 17.8 Å². The van der Waals surface area contributed by atoms with Crippen molar-refractivity contribution in [3.05, 3.63) is 24.3 Å². The molecule has 1 N–H and O–H groups in total. The predicted molar refractivity (Wildman–Crippen MR) is 54.0 cm³/mol. The Hall–Kier alpha value is -2.37. The summed E-state index contributed by atoms with van der Waals surface area (Å²) in [6.45, 7) is 0. The van der Waals surface area contributed by atoms with Crippen molar-refractivity contribution in [2.75, 3.05) is 12.0 Å². The molecule has 6 heteroatoms. The molecule has 6 nitrogen and oxygen atoms in total. The van der Waals surface area contributed by atoms with E-state index < -0.39 is 17.8 Å². The number of anilines is 1. The van der Waals surface area contributed by atoms with E-state index in [1.807, 2.05) is 5.32 Å². The van der Waals surface area contributed by atoms with Gasteiger partial charge in [0, 0.05) is 6.07 Å². The van der Waals surface area contributed by atoms with Crippen LogP contribution in [-0.4, -0.2) is 25.0 Å². The fourth-order valence-corrected chi connectivity index (χ4v) is 1.38. The van der Waals surface area contributed by atoms with Gasteiger partial charge in [0.2, 0.25) is 0 Å². The van der Waals surface area contributed by atoms with Gasteiger partial charge in [-0.2, -0.15) is 0 Å². The van der Waals surface area contributed by atoms with Crippen LogP contribution in [0.4, 0.5) is 10.5 Å². The fourth-order valence-electron chi connectivity index (χ4n) is 1.38. The second kappa shape index (κ2) is 3.65. The number of amides is 4. The van der Waals surface area contributed by atoms with Gasteiger partial charge < -0.3 is 4.74 Å². The van der Waals surface area contributed by atoms with Crippen molar-refractivity contribution >= 4 is 23.5 Å². The number of rotatable bonds is 2. The lowest BCUT2D eigenvalue weighted by Gasteiger charge is -2.11. The average Bonchev–Trinajstić information content (AvgIpc) is 2.53. The molecule has 0 unspecified atom stereocenters. The number of nitrogens with zero attached hydrogens (tertiary/aromatic N) is 1. The number of methoxy groups -OCH3 is 1. The van der Waals surface area contributed by atoms with Gasteiger partial charge in [0.1, 0.15) is 5.75 Å². The van der Waals surface area contributed by atoms with Gasteiger partial charge in [-0.1, -0.05) is 6.07 Å². The molecule has 4 amide bonds. The first-order chi connectivity index (χ1) is 7.63. The number of ether oxygens (including phenoxy) is 1. The van der Waals surface area contributed by atoms with Gasteiger partial charge in [-0.3, -0.25) is 14.9 Å². The molecule has 1 saturated heterocycles. The third-order valence-corrected chi connectivity index (χ3v) is 2.13. The smallest absolute Gasteiger partial charge is 0.336 e. The first kappa shape index (κ1) is 10.2. The van der Waals surface area contributed by atoms with Crippen molar-refractivity contribution < 1.29 is 19.1 Å². The second-order valence-electron chi connectivity index (χ2n) is 3.10. The minimum absolute atomic E-state index is 0.299. The van der Waals surface area contributed by atoms with Crippen LogP contribution in [0, 0.1) is 0 Å². The van der Waals surface area contributed by atoms with E-state index in [4.69, 9.17) is 4.74 Å². The van der Waals surface area contributed by atoms with Crippen LogP contribution >= 0.6 is 0 Å². The standard InChI is InChI=1S/C10H8N2O4/c1-16-7-4-2-3-6(5-7)12-9(14)8(13)11-10(12)15/h2-5H,1H3,(H,11,13,15). The molecule has 1 aliphatic rings. The molecule has 0 atom stereocenters. The van der Waals surface area contributed by atoms with Crippen LogP contribution in [0.2, 0.25) is 0 Å². The van der Waals surface area contributed by atoms with E-state index in [0.717, 1.165) is 4.90 Å². The molecule has 1 aliphatic heterocycles. The summed E-state index contributed by atoms with van der Waals surface area (Å²) < 4.78 is 4.96. The van der Waals surface area contributed by atoms with Crippen molar-refractivity contribution in [2.45, 2.75) is 0 Å². The van der Waals surface area contributed by atoms with Gasteiger partial charge in [0.05, 0.1) is 12.8 Å². The highest BCUT2D eigenvalue weighted by atomic mass is 16.5. The van der Waals surface area contributed by atoms with Gasteiger partial charge in [-0.05, 0) is 12.1 Å². The van der Waals surface area contributed by atoms with Crippen molar-refractivity contribution in [1.82, 2.24) is 5.32 Å². The molecule has 1 heterocycles. The molecule has 0 saturated carbocycles. The number of nitrogens with one attached hydrogen (secondary N) is 1. The summed E-state index contributed by atoms with van der Waals surface area (Å²) in [5, 5.41) is 1.91. The van der Waals surface area contributed by atoms with Crippen molar-refractivity contribution in [3.8, 4) is 5.75 Å².